The molecule has 1 aromatic rings. The van der Waals surface area contributed by atoms with Crippen LogP contribution in [0.1, 0.15) is 31.1 Å². The molecule has 174 valence electrons. The molecule has 0 spiro atoms. The highest BCUT2D eigenvalue weighted by Gasteiger charge is 2.34. The van der Waals surface area contributed by atoms with Gasteiger partial charge in [-0.2, -0.15) is 4.31 Å². The first-order valence-electron chi connectivity index (χ1n) is 9.99. The van der Waals surface area contributed by atoms with E-state index in [2.05, 4.69) is 0 Å². The topological polar surface area (TPSA) is 102 Å². The van der Waals surface area contributed by atoms with E-state index in [0.717, 1.165) is 0 Å². The van der Waals surface area contributed by atoms with Crippen molar-refractivity contribution in [1.82, 2.24) is 9.21 Å². The van der Waals surface area contributed by atoms with Crippen molar-refractivity contribution in [1.29, 1.82) is 0 Å². The highest BCUT2D eigenvalue weighted by Crippen LogP contribution is 2.28. The summed E-state index contributed by atoms with van der Waals surface area (Å²) >= 11 is 6.21. The van der Waals surface area contributed by atoms with Crippen LogP contribution in [0.15, 0.2) is 23.1 Å². The molecule has 1 aliphatic heterocycles. The number of carbonyl (C=O) groups excluding carboxylic acids is 2. The lowest BCUT2D eigenvalue weighted by Crippen LogP contribution is -2.48. The molecule has 11 heteroatoms. The van der Waals surface area contributed by atoms with E-state index < -0.39 is 21.9 Å². The molecule has 0 aromatic heterocycles. The number of halogens is 1. The molecule has 31 heavy (non-hydrogen) atoms. The predicted octanol–water partition coefficient (Wildman–Crippen LogP) is 1.79. The SMILES string of the molecule is CCOC(=O)CN(CCOC)C(=O)c1ccc(Cl)c(S(=O)(=O)N2CC(C)OC(C)C2)c1. The molecule has 9 nitrogen and oxygen atoms in total. The lowest BCUT2D eigenvalue weighted by molar-refractivity contribution is -0.143. The van der Waals surface area contributed by atoms with Gasteiger partial charge < -0.3 is 19.1 Å². The number of esters is 1. The van der Waals surface area contributed by atoms with Crippen molar-refractivity contribution in [2.45, 2.75) is 37.9 Å². The summed E-state index contributed by atoms with van der Waals surface area (Å²) in [5, 5.41) is 0.0113. The molecule has 1 aliphatic rings. The Bertz CT molecular complexity index is 884. The van der Waals surface area contributed by atoms with Gasteiger partial charge in [0.15, 0.2) is 0 Å². The number of hydrogen-bond donors (Lipinski definition) is 0. The number of sulfonamides is 1. The average Bonchev–Trinajstić information content (AvgIpc) is 2.70. The number of rotatable bonds is 9. The second-order valence-electron chi connectivity index (χ2n) is 7.25. The molecule has 0 radical (unpaired) electrons. The van der Waals surface area contributed by atoms with Crippen molar-refractivity contribution in [2.75, 3.05) is 46.5 Å². The van der Waals surface area contributed by atoms with E-state index in [1.807, 2.05) is 0 Å². The Morgan fingerprint density at radius 3 is 2.48 bits per heavy atom. The lowest BCUT2D eigenvalue weighted by Gasteiger charge is -2.34. The Kier molecular flexibility index (Phi) is 9.26. The van der Waals surface area contributed by atoms with Crippen LogP contribution in [0.2, 0.25) is 5.02 Å². The van der Waals surface area contributed by atoms with Crippen LogP contribution in [0.5, 0.6) is 0 Å². The van der Waals surface area contributed by atoms with Crippen LogP contribution in [-0.2, 0) is 29.0 Å². The molecule has 0 saturated carbocycles. The van der Waals surface area contributed by atoms with Gasteiger partial charge in [0, 0.05) is 32.3 Å². The fourth-order valence-corrected chi connectivity index (χ4v) is 5.39. The van der Waals surface area contributed by atoms with Gasteiger partial charge in [-0.25, -0.2) is 8.42 Å². The first-order valence-corrected chi connectivity index (χ1v) is 11.8. The normalized spacial score (nSPS) is 19.8. The highest BCUT2D eigenvalue weighted by molar-refractivity contribution is 7.89. The number of benzene rings is 1. The monoisotopic (exact) mass is 476 g/mol. The van der Waals surface area contributed by atoms with E-state index >= 15 is 0 Å². The second-order valence-corrected chi connectivity index (χ2v) is 9.56. The van der Waals surface area contributed by atoms with E-state index in [9.17, 15) is 18.0 Å². The molecule has 1 amide bonds. The molecule has 1 aromatic carbocycles. The van der Waals surface area contributed by atoms with Crippen molar-refractivity contribution < 1.29 is 32.2 Å². The van der Waals surface area contributed by atoms with E-state index in [1.54, 1.807) is 20.8 Å². The summed E-state index contributed by atoms with van der Waals surface area (Å²) in [6, 6.07) is 4.04. The van der Waals surface area contributed by atoms with E-state index in [-0.39, 0.29) is 67.1 Å². The molecule has 0 N–H and O–H groups in total. The Labute approximate surface area is 188 Å². The number of ether oxygens (including phenoxy) is 3. The maximum absolute atomic E-state index is 13.2. The van der Waals surface area contributed by atoms with Crippen LogP contribution < -0.4 is 0 Å². The van der Waals surface area contributed by atoms with Crippen LogP contribution in [0.25, 0.3) is 0 Å². The fraction of sp³-hybridized carbons (Fsp3) is 0.600. The van der Waals surface area contributed by atoms with Gasteiger partial charge in [-0.05, 0) is 39.0 Å². The van der Waals surface area contributed by atoms with E-state index in [1.165, 1.54) is 34.5 Å². The summed E-state index contributed by atoms with van der Waals surface area (Å²) in [5.74, 6) is -1.09. The van der Waals surface area contributed by atoms with Crippen molar-refractivity contribution in [2.24, 2.45) is 0 Å². The summed E-state index contributed by atoms with van der Waals surface area (Å²) in [4.78, 5) is 26.0. The Morgan fingerprint density at radius 2 is 1.90 bits per heavy atom. The van der Waals surface area contributed by atoms with Crippen molar-refractivity contribution in [3.05, 3.63) is 28.8 Å². The molecule has 1 saturated heterocycles. The smallest absolute Gasteiger partial charge is 0.325 e. The summed E-state index contributed by atoms with van der Waals surface area (Å²) in [6.07, 6.45) is -0.535. The lowest BCUT2D eigenvalue weighted by atomic mass is 10.2. The van der Waals surface area contributed by atoms with Crippen LogP contribution >= 0.6 is 11.6 Å². The highest BCUT2D eigenvalue weighted by atomic mass is 35.5. The largest absolute Gasteiger partial charge is 0.465 e. The van der Waals surface area contributed by atoms with Gasteiger partial charge in [0.25, 0.3) is 5.91 Å². The van der Waals surface area contributed by atoms with Crippen molar-refractivity contribution in [3.63, 3.8) is 0 Å². The number of methoxy groups -OCH3 is 1. The van der Waals surface area contributed by atoms with Gasteiger partial charge in [0.2, 0.25) is 10.0 Å². The average molecular weight is 477 g/mol. The van der Waals surface area contributed by atoms with Crippen LogP contribution in [0, 0.1) is 0 Å². The molecule has 1 heterocycles. The Hall–Kier alpha value is -1.72. The van der Waals surface area contributed by atoms with Gasteiger partial charge in [0.05, 0.1) is 30.4 Å². The van der Waals surface area contributed by atoms with E-state index in [4.69, 9.17) is 25.8 Å². The van der Waals surface area contributed by atoms with Gasteiger partial charge >= 0.3 is 5.97 Å². The quantitative estimate of drug-likeness (QED) is 0.500. The number of morpholine rings is 1. The fourth-order valence-electron chi connectivity index (χ4n) is 3.30. The molecular formula is C20H29ClN2O7S. The predicted molar refractivity (Wildman–Crippen MR) is 115 cm³/mol. The molecular weight excluding hydrogens is 448 g/mol. The summed E-state index contributed by atoms with van der Waals surface area (Å²) in [6.45, 7) is 5.87. The number of amides is 1. The molecule has 2 rings (SSSR count). The first-order chi connectivity index (χ1) is 14.6. The molecule has 2 atom stereocenters. The standard InChI is InChI=1S/C20H29ClN2O7S/c1-5-29-19(24)13-22(8-9-28-4)20(25)16-6-7-17(21)18(10-16)31(26,27)23-11-14(2)30-15(3)12-23/h6-7,10,14-15H,5,8-9,11-13H2,1-4H3. The zero-order valence-corrected chi connectivity index (χ0v) is 19.7. The van der Waals surface area contributed by atoms with Crippen LogP contribution in [0.4, 0.5) is 0 Å². The third-order valence-electron chi connectivity index (χ3n) is 4.66. The van der Waals surface area contributed by atoms with Gasteiger partial charge in [0.1, 0.15) is 11.4 Å². The van der Waals surface area contributed by atoms with E-state index in [0.29, 0.717) is 0 Å². The summed E-state index contributed by atoms with van der Waals surface area (Å²) in [5.41, 5.74) is 0.0951. The Balaban J connectivity index is 2.34. The maximum Gasteiger partial charge on any atom is 0.325 e. The van der Waals surface area contributed by atoms with Crippen LogP contribution in [-0.4, -0.2) is 88.2 Å². The van der Waals surface area contributed by atoms with Gasteiger partial charge in [-0.15, -0.1) is 0 Å². The second kappa shape index (κ2) is 11.2. The third kappa shape index (κ3) is 6.63. The minimum atomic E-state index is -3.95. The van der Waals surface area contributed by atoms with Crippen molar-refractivity contribution in [3.8, 4) is 0 Å². The van der Waals surface area contributed by atoms with Crippen LogP contribution in [0.3, 0.4) is 0 Å². The summed E-state index contributed by atoms with van der Waals surface area (Å²) in [7, 11) is -2.48. The Morgan fingerprint density at radius 1 is 1.26 bits per heavy atom. The third-order valence-corrected chi connectivity index (χ3v) is 6.97. The zero-order chi connectivity index (χ0) is 23.2. The summed E-state index contributed by atoms with van der Waals surface area (Å²) < 4.78 is 43.4. The molecule has 1 fully saturated rings. The minimum Gasteiger partial charge on any atom is -0.465 e. The number of nitrogens with zero attached hydrogens (tertiary/aromatic N) is 2. The molecule has 2 unspecified atom stereocenters. The van der Waals surface area contributed by atoms with Gasteiger partial charge in [-0.3, -0.25) is 9.59 Å². The molecule has 0 bridgehead atoms. The van der Waals surface area contributed by atoms with Gasteiger partial charge in [-0.1, -0.05) is 11.6 Å². The number of hydrogen-bond acceptors (Lipinski definition) is 7. The number of carbonyl (C=O) groups is 2. The first kappa shape index (κ1) is 25.5. The minimum absolute atomic E-state index is 0.0113. The molecule has 0 aliphatic carbocycles. The van der Waals surface area contributed by atoms with Crippen molar-refractivity contribution >= 4 is 33.5 Å². The zero-order valence-electron chi connectivity index (χ0n) is 18.2. The maximum atomic E-state index is 13.2.